The Morgan fingerprint density at radius 1 is 1.05 bits per heavy atom. The molecule has 7 heteroatoms. The fourth-order valence-corrected chi connectivity index (χ4v) is 4.49. The highest BCUT2D eigenvalue weighted by Crippen LogP contribution is 2.42. The minimum absolute atomic E-state index is 0.0870. The van der Waals surface area contributed by atoms with Crippen molar-refractivity contribution in [1.82, 2.24) is 9.80 Å². The number of methoxy groups -OCH3 is 1. The molecule has 1 atom stereocenters. The molecule has 0 spiro atoms. The Morgan fingerprint density at radius 3 is 2.32 bits per heavy atom. The first-order valence-corrected chi connectivity index (χ1v) is 13.1. The minimum atomic E-state index is -0.740. The number of likely N-dealkylation sites (N-methyl/N-ethyl adjacent to an activating group) is 1. The smallest absolute Gasteiger partial charge is 0.295 e. The number of rotatable bonds is 12. The molecule has 200 valence electrons. The van der Waals surface area contributed by atoms with E-state index in [4.69, 9.17) is 9.47 Å². The normalized spacial score (nSPS) is 17.2. The van der Waals surface area contributed by atoms with Crippen LogP contribution in [0.25, 0.3) is 5.76 Å². The number of aliphatic hydroxyl groups excluding tert-OH is 1. The zero-order valence-electron chi connectivity index (χ0n) is 22.9. The number of benzene rings is 2. The highest BCUT2D eigenvalue weighted by molar-refractivity contribution is 6.46. The highest BCUT2D eigenvalue weighted by Gasteiger charge is 2.46. The minimum Gasteiger partial charge on any atom is -0.507 e. The van der Waals surface area contributed by atoms with Gasteiger partial charge in [0.1, 0.15) is 5.76 Å². The maximum atomic E-state index is 13.3. The summed E-state index contributed by atoms with van der Waals surface area (Å²) in [5, 5.41) is 11.3. The van der Waals surface area contributed by atoms with Gasteiger partial charge >= 0.3 is 0 Å². The SMILES string of the molecule is CCN(CC)CCN1C(=O)C(=O)/C(=C(/O)c2ccc(C)cc2)C1c1ccc(OCCC(C)C)c(OC)c1. The molecule has 0 bridgehead atoms. The molecule has 1 heterocycles. The van der Waals surface area contributed by atoms with Gasteiger partial charge in [-0.1, -0.05) is 63.6 Å². The van der Waals surface area contributed by atoms with E-state index in [2.05, 4.69) is 32.6 Å². The van der Waals surface area contributed by atoms with Gasteiger partial charge in [-0.3, -0.25) is 9.59 Å². The van der Waals surface area contributed by atoms with Gasteiger partial charge in [0.2, 0.25) is 0 Å². The molecule has 2 aromatic rings. The standard InChI is InChI=1S/C30H40N2O5/c1-7-31(8-2)16-17-32-27(23-13-14-24(25(19-23)36-6)37-18-15-20(3)4)26(29(34)30(32)35)28(33)22-11-9-21(5)10-12-22/h9-14,19-20,27,33H,7-8,15-18H2,1-6H3/b28-26+. The van der Waals surface area contributed by atoms with Gasteiger partial charge in [-0.15, -0.1) is 0 Å². The molecular weight excluding hydrogens is 468 g/mol. The lowest BCUT2D eigenvalue weighted by atomic mass is 9.94. The Bertz CT molecular complexity index is 1120. The first kappa shape index (κ1) is 28.3. The number of likely N-dealkylation sites (tertiary alicyclic amines) is 1. The number of aliphatic hydroxyl groups is 1. The molecule has 1 aliphatic heterocycles. The number of nitrogens with zero attached hydrogens (tertiary/aromatic N) is 2. The van der Waals surface area contributed by atoms with E-state index >= 15 is 0 Å². The number of carbonyl (C=O) groups is 2. The van der Waals surface area contributed by atoms with Crippen LogP contribution < -0.4 is 9.47 Å². The average Bonchev–Trinajstić information content (AvgIpc) is 3.14. The number of hydrogen-bond acceptors (Lipinski definition) is 6. The van der Waals surface area contributed by atoms with Gasteiger partial charge in [-0.25, -0.2) is 0 Å². The Balaban J connectivity index is 2.07. The summed E-state index contributed by atoms with van der Waals surface area (Å²) in [6, 6.07) is 12.0. The van der Waals surface area contributed by atoms with Crippen molar-refractivity contribution in [2.45, 2.75) is 47.1 Å². The Kier molecular flexibility index (Phi) is 9.75. The largest absolute Gasteiger partial charge is 0.507 e. The van der Waals surface area contributed by atoms with Gasteiger partial charge in [0.25, 0.3) is 11.7 Å². The lowest BCUT2D eigenvalue weighted by Gasteiger charge is -2.28. The molecule has 0 radical (unpaired) electrons. The fourth-order valence-electron chi connectivity index (χ4n) is 4.49. The number of hydrogen-bond donors (Lipinski definition) is 1. The Morgan fingerprint density at radius 2 is 1.73 bits per heavy atom. The quantitative estimate of drug-likeness (QED) is 0.241. The average molecular weight is 509 g/mol. The summed E-state index contributed by atoms with van der Waals surface area (Å²) >= 11 is 0. The van der Waals surface area contributed by atoms with Crippen LogP contribution in [0.3, 0.4) is 0 Å². The second-order valence-electron chi connectivity index (χ2n) is 9.83. The molecule has 1 saturated heterocycles. The fraction of sp³-hybridized carbons (Fsp3) is 0.467. The van der Waals surface area contributed by atoms with Crippen LogP contribution in [0.15, 0.2) is 48.0 Å². The summed E-state index contributed by atoms with van der Waals surface area (Å²) in [7, 11) is 1.57. The van der Waals surface area contributed by atoms with E-state index in [-0.39, 0.29) is 11.3 Å². The second kappa shape index (κ2) is 12.8. The molecule has 37 heavy (non-hydrogen) atoms. The first-order chi connectivity index (χ1) is 17.7. The van der Waals surface area contributed by atoms with Crippen LogP contribution in [-0.4, -0.2) is 66.5 Å². The first-order valence-electron chi connectivity index (χ1n) is 13.1. The highest BCUT2D eigenvalue weighted by atomic mass is 16.5. The van der Waals surface area contributed by atoms with E-state index in [9.17, 15) is 14.7 Å². The van der Waals surface area contributed by atoms with Crippen LogP contribution in [0.2, 0.25) is 0 Å². The van der Waals surface area contributed by atoms with Crippen molar-refractivity contribution in [3.63, 3.8) is 0 Å². The maximum absolute atomic E-state index is 13.3. The predicted octanol–water partition coefficient (Wildman–Crippen LogP) is 5.19. The van der Waals surface area contributed by atoms with Crippen LogP contribution in [0.1, 0.15) is 56.8 Å². The molecule has 1 unspecified atom stereocenters. The molecule has 1 fully saturated rings. The summed E-state index contributed by atoms with van der Waals surface area (Å²) in [5.41, 5.74) is 2.30. The number of amides is 1. The maximum Gasteiger partial charge on any atom is 0.295 e. The van der Waals surface area contributed by atoms with Gasteiger partial charge in [-0.05, 0) is 50.0 Å². The summed E-state index contributed by atoms with van der Waals surface area (Å²) in [6.07, 6.45) is 0.910. The monoisotopic (exact) mass is 508 g/mol. The van der Waals surface area contributed by atoms with Crippen molar-refractivity contribution in [3.8, 4) is 11.5 Å². The lowest BCUT2D eigenvalue weighted by molar-refractivity contribution is -0.140. The van der Waals surface area contributed by atoms with E-state index in [1.165, 1.54) is 0 Å². The van der Waals surface area contributed by atoms with Crippen molar-refractivity contribution < 1.29 is 24.2 Å². The molecule has 7 nitrogen and oxygen atoms in total. The molecule has 1 aliphatic rings. The van der Waals surface area contributed by atoms with Gasteiger partial charge in [0, 0.05) is 18.7 Å². The van der Waals surface area contributed by atoms with Crippen LogP contribution in [0, 0.1) is 12.8 Å². The van der Waals surface area contributed by atoms with Gasteiger partial charge in [0.05, 0.1) is 25.3 Å². The van der Waals surface area contributed by atoms with Crippen LogP contribution >= 0.6 is 0 Å². The zero-order valence-corrected chi connectivity index (χ0v) is 22.9. The summed E-state index contributed by atoms with van der Waals surface area (Å²) < 4.78 is 11.6. The molecule has 3 rings (SSSR count). The van der Waals surface area contributed by atoms with Gasteiger partial charge in [-0.2, -0.15) is 0 Å². The molecule has 0 saturated carbocycles. The van der Waals surface area contributed by atoms with Crippen molar-refractivity contribution in [3.05, 3.63) is 64.7 Å². The zero-order chi connectivity index (χ0) is 27.1. The van der Waals surface area contributed by atoms with Gasteiger partial charge < -0.3 is 24.4 Å². The van der Waals surface area contributed by atoms with Crippen molar-refractivity contribution >= 4 is 17.4 Å². The molecule has 2 aromatic carbocycles. The van der Waals surface area contributed by atoms with E-state index < -0.39 is 17.7 Å². The third-order valence-corrected chi connectivity index (χ3v) is 6.87. The van der Waals surface area contributed by atoms with E-state index in [0.29, 0.717) is 48.2 Å². The van der Waals surface area contributed by atoms with Crippen LogP contribution in [0.5, 0.6) is 11.5 Å². The topological polar surface area (TPSA) is 79.3 Å². The van der Waals surface area contributed by atoms with E-state index in [1.54, 1.807) is 30.2 Å². The lowest BCUT2D eigenvalue weighted by Crippen LogP contribution is -2.38. The summed E-state index contributed by atoms with van der Waals surface area (Å²) in [5.74, 6) is 0.167. The van der Waals surface area contributed by atoms with Crippen molar-refractivity contribution in [2.75, 3.05) is 39.9 Å². The number of carbonyl (C=O) groups excluding carboxylic acids is 2. The number of aryl methyl sites for hydroxylation is 1. The third kappa shape index (κ3) is 6.52. The summed E-state index contributed by atoms with van der Waals surface area (Å²) in [4.78, 5) is 30.3. The van der Waals surface area contributed by atoms with E-state index in [1.807, 2.05) is 31.2 Å². The van der Waals surface area contributed by atoms with Crippen LogP contribution in [-0.2, 0) is 9.59 Å². The molecule has 0 aromatic heterocycles. The summed E-state index contributed by atoms with van der Waals surface area (Å²) in [6.45, 7) is 13.6. The van der Waals surface area contributed by atoms with E-state index in [0.717, 1.165) is 25.1 Å². The Labute approximate surface area is 220 Å². The second-order valence-corrected chi connectivity index (χ2v) is 9.83. The molecule has 1 amide bonds. The van der Waals surface area contributed by atoms with Gasteiger partial charge in [0.15, 0.2) is 11.5 Å². The third-order valence-electron chi connectivity index (χ3n) is 6.87. The molecular formula is C30H40N2O5. The Hall–Kier alpha value is -3.32. The molecule has 1 N–H and O–H groups in total. The van der Waals surface area contributed by atoms with Crippen molar-refractivity contribution in [1.29, 1.82) is 0 Å². The number of ketones is 1. The van der Waals surface area contributed by atoms with Crippen molar-refractivity contribution in [2.24, 2.45) is 5.92 Å². The predicted molar refractivity (Wildman–Crippen MR) is 146 cm³/mol. The number of ether oxygens (including phenoxy) is 2. The molecule has 0 aliphatic carbocycles. The van der Waals surface area contributed by atoms with Crippen LogP contribution in [0.4, 0.5) is 0 Å². The number of Topliss-reactive ketones (excluding diaryl/α,β-unsaturated/α-hetero) is 1.